The van der Waals surface area contributed by atoms with Gasteiger partial charge in [-0.25, -0.2) is 4.98 Å². The average molecular weight is 495 g/mol. The second-order valence-electron chi connectivity index (χ2n) is 8.76. The van der Waals surface area contributed by atoms with Gasteiger partial charge in [-0.3, -0.25) is 9.36 Å². The standard InChI is InChI=1S/C26H27ClN4O2S/c1-16(20-4-2-3-5-21(20)27)12-17-13-24(34-25(17)26(28)32)31-15-30-22-7-6-19(14-23(22)31)33-18-8-10-29-11-9-18/h2-7,13-16,18,29H,8-12H2,1H3,(H2,28,32). The normalized spacial score (nSPS) is 15.5. The van der Waals surface area contributed by atoms with Gasteiger partial charge in [-0.2, -0.15) is 0 Å². The molecular weight excluding hydrogens is 468 g/mol. The molecule has 3 heterocycles. The van der Waals surface area contributed by atoms with Gasteiger partial charge in [-0.15, -0.1) is 11.3 Å². The quantitative estimate of drug-likeness (QED) is 0.364. The summed E-state index contributed by atoms with van der Waals surface area (Å²) in [6.07, 6.45) is 4.66. The molecule has 0 aliphatic carbocycles. The maximum Gasteiger partial charge on any atom is 0.259 e. The molecule has 3 N–H and O–H groups in total. The molecule has 1 saturated heterocycles. The molecule has 1 atom stereocenters. The monoisotopic (exact) mass is 494 g/mol. The number of imidazole rings is 1. The summed E-state index contributed by atoms with van der Waals surface area (Å²) < 4.78 is 8.24. The van der Waals surface area contributed by atoms with Crippen molar-refractivity contribution in [3.63, 3.8) is 0 Å². The number of ether oxygens (including phenoxy) is 1. The van der Waals surface area contributed by atoms with Crippen molar-refractivity contribution in [2.75, 3.05) is 13.1 Å². The van der Waals surface area contributed by atoms with Crippen molar-refractivity contribution in [3.8, 4) is 10.8 Å². The van der Waals surface area contributed by atoms with Crippen LogP contribution < -0.4 is 15.8 Å². The summed E-state index contributed by atoms with van der Waals surface area (Å²) in [4.78, 5) is 17.4. The Morgan fingerprint density at radius 2 is 2.06 bits per heavy atom. The van der Waals surface area contributed by atoms with Crippen molar-refractivity contribution in [3.05, 3.63) is 75.9 Å². The number of thiophene rings is 1. The SMILES string of the molecule is CC(Cc1cc(-n2cnc3ccc(OC4CCNCC4)cc32)sc1C(N)=O)c1ccccc1Cl. The lowest BCUT2D eigenvalue weighted by molar-refractivity contribution is 0.100. The van der Waals surface area contributed by atoms with E-state index in [2.05, 4.69) is 17.2 Å². The maximum absolute atomic E-state index is 12.3. The van der Waals surface area contributed by atoms with Gasteiger partial charge in [-0.05, 0) is 73.7 Å². The molecule has 5 rings (SSSR count). The first-order valence-electron chi connectivity index (χ1n) is 11.5. The minimum absolute atomic E-state index is 0.138. The second kappa shape index (κ2) is 9.78. The molecule has 1 aliphatic rings. The van der Waals surface area contributed by atoms with E-state index in [-0.39, 0.29) is 12.0 Å². The first-order valence-corrected chi connectivity index (χ1v) is 12.7. The van der Waals surface area contributed by atoms with Gasteiger partial charge in [0.05, 0.1) is 15.9 Å². The van der Waals surface area contributed by atoms with Crippen LogP contribution in [-0.2, 0) is 6.42 Å². The smallest absolute Gasteiger partial charge is 0.259 e. The van der Waals surface area contributed by atoms with Crippen molar-refractivity contribution < 1.29 is 9.53 Å². The zero-order chi connectivity index (χ0) is 23.7. The van der Waals surface area contributed by atoms with Crippen LogP contribution in [0.4, 0.5) is 0 Å². The molecule has 2 aromatic carbocycles. The van der Waals surface area contributed by atoms with Crippen molar-refractivity contribution in [1.29, 1.82) is 0 Å². The molecule has 6 nitrogen and oxygen atoms in total. The number of primary amides is 1. The lowest BCUT2D eigenvalue weighted by atomic mass is 9.94. The summed E-state index contributed by atoms with van der Waals surface area (Å²) in [7, 11) is 0. The highest BCUT2D eigenvalue weighted by Crippen LogP contribution is 2.34. The first-order chi connectivity index (χ1) is 16.5. The molecule has 1 aliphatic heterocycles. The summed E-state index contributed by atoms with van der Waals surface area (Å²) >= 11 is 7.80. The number of rotatable bonds is 7. The van der Waals surface area contributed by atoms with E-state index in [1.165, 1.54) is 11.3 Å². The Bertz CT molecular complexity index is 1330. The molecule has 0 saturated carbocycles. The number of hydrogen-bond donors (Lipinski definition) is 2. The van der Waals surface area contributed by atoms with E-state index in [0.29, 0.717) is 11.3 Å². The molecule has 0 radical (unpaired) electrons. The zero-order valence-corrected chi connectivity index (χ0v) is 20.5. The Hall–Kier alpha value is -2.87. The average Bonchev–Trinajstić information content (AvgIpc) is 3.44. The van der Waals surface area contributed by atoms with Gasteiger partial charge in [0.2, 0.25) is 0 Å². The Balaban J connectivity index is 1.46. The van der Waals surface area contributed by atoms with Crippen molar-refractivity contribution in [2.45, 2.75) is 38.2 Å². The van der Waals surface area contributed by atoms with E-state index >= 15 is 0 Å². The summed E-state index contributed by atoms with van der Waals surface area (Å²) in [5, 5.41) is 4.99. The second-order valence-corrected chi connectivity index (χ2v) is 10.2. The lowest BCUT2D eigenvalue weighted by Gasteiger charge is -2.23. The lowest BCUT2D eigenvalue weighted by Crippen LogP contribution is -2.34. The number of nitrogens with one attached hydrogen (secondary N) is 1. The van der Waals surface area contributed by atoms with Crippen LogP contribution in [0.15, 0.2) is 54.9 Å². The van der Waals surface area contributed by atoms with Gasteiger partial charge < -0.3 is 15.8 Å². The third kappa shape index (κ3) is 4.69. The fraction of sp³-hybridized carbons (Fsp3) is 0.308. The van der Waals surface area contributed by atoms with Crippen LogP contribution in [0.2, 0.25) is 5.02 Å². The summed E-state index contributed by atoms with van der Waals surface area (Å²) in [6.45, 7) is 4.07. The molecule has 0 spiro atoms. The van der Waals surface area contributed by atoms with Crippen molar-refractivity contribution >= 4 is 39.9 Å². The van der Waals surface area contributed by atoms with Gasteiger partial charge in [0.15, 0.2) is 0 Å². The molecule has 0 bridgehead atoms. The molecule has 1 unspecified atom stereocenters. The molecular formula is C26H27ClN4O2S. The van der Waals surface area contributed by atoms with Crippen LogP contribution >= 0.6 is 22.9 Å². The predicted molar refractivity (Wildman–Crippen MR) is 138 cm³/mol. The molecule has 4 aromatic rings. The van der Waals surface area contributed by atoms with E-state index < -0.39 is 5.91 Å². The topological polar surface area (TPSA) is 82.2 Å². The molecule has 2 aromatic heterocycles. The van der Waals surface area contributed by atoms with Gasteiger partial charge >= 0.3 is 0 Å². The van der Waals surface area contributed by atoms with Crippen LogP contribution in [0.3, 0.4) is 0 Å². The molecule has 34 heavy (non-hydrogen) atoms. The maximum atomic E-state index is 12.3. The van der Waals surface area contributed by atoms with E-state index in [0.717, 1.165) is 63.9 Å². The fourth-order valence-corrected chi connectivity index (χ4v) is 5.90. The Morgan fingerprint density at radius 1 is 1.26 bits per heavy atom. The van der Waals surface area contributed by atoms with Crippen LogP contribution in [0, 0.1) is 0 Å². The number of amides is 1. The third-order valence-corrected chi connectivity index (χ3v) is 7.86. The number of carbonyl (C=O) groups excluding carboxylic acids is 1. The highest BCUT2D eigenvalue weighted by Gasteiger charge is 2.20. The minimum atomic E-state index is -0.419. The van der Waals surface area contributed by atoms with E-state index in [9.17, 15) is 4.79 Å². The van der Waals surface area contributed by atoms with E-state index in [1.54, 1.807) is 6.33 Å². The number of aromatic nitrogens is 2. The Labute approximate surface area is 207 Å². The van der Waals surface area contributed by atoms with Gasteiger partial charge in [0.25, 0.3) is 5.91 Å². The van der Waals surface area contributed by atoms with Crippen molar-refractivity contribution in [1.82, 2.24) is 14.9 Å². The van der Waals surface area contributed by atoms with Crippen LogP contribution in [0.5, 0.6) is 5.75 Å². The van der Waals surface area contributed by atoms with E-state index in [1.807, 2.05) is 53.1 Å². The van der Waals surface area contributed by atoms with Crippen LogP contribution in [0.25, 0.3) is 16.0 Å². The van der Waals surface area contributed by atoms with E-state index in [4.69, 9.17) is 22.1 Å². The number of halogens is 1. The molecule has 8 heteroatoms. The van der Waals surface area contributed by atoms with Crippen LogP contribution in [0.1, 0.15) is 46.5 Å². The predicted octanol–water partition coefficient (Wildman–Crippen LogP) is 5.32. The fourth-order valence-electron chi connectivity index (χ4n) is 4.55. The highest BCUT2D eigenvalue weighted by molar-refractivity contribution is 7.16. The van der Waals surface area contributed by atoms with Gasteiger partial charge in [-0.1, -0.05) is 36.7 Å². The molecule has 1 fully saturated rings. The van der Waals surface area contributed by atoms with Gasteiger partial charge in [0, 0.05) is 11.1 Å². The summed E-state index contributed by atoms with van der Waals surface area (Å²) in [5.74, 6) is 0.552. The largest absolute Gasteiger partial charge is 0.490 e. The third-order valence-electron chi connectivity index (χ3n) is 6.33. The number of piperidine rings is 1. The number of benzene rings is 2. The number of fused-ring (bicyclic) bond motifs is 1. The number of carbonyl (C=O) groups is 1. The number of nitrogens with two attached hydrogens (primary N) is 1. The van der Waals surface area contributed by atoms with Gasteiger partial charge in [0.1, 0.15) is 23.2 Å². The summed E-state index contributed by atoms with van der Waals surface area (Å²) in [5.41, 5.74) is 9.55. The zero-order valence-electron chi connectivity index (χ0n) is 19.0. The minimum Gasteiger partial charge on any atom is -0.490 e. The highest BCUT2D eigenvalue weighted by atomic mass is 35.5. The number of hydrogen-bond acceptors (Lipinski definition) is 5. The molecule has 176 valence electrons. The van der Waals surface area contributed by atoms with Crippen LogP contribution in [-0.4, -0.2) is 34.7 Å². The Morgan fingerprint density at radius 3 is 2.82 bits per heavy atom. The first kappa shape index (κ1) is 22.9. The molecule has 1 amide bonds. The Kier molecular flexibility index (Phi) is 6.59. The van der Waals surface area contributed by atoms with Crippen molar-refractivity contribution in [2.24, 2.45) is 5.73 Å². The number of nitrogens with zero attached hydrogens (tertiary/aromatic N) is 2. The summed E-state index contributed by atoms with van der Waals surface area (Å²) in [6, 6.07) is 15.8.